The van der Waals surface area contributed by atoms with E-state index in [4.69, 9.17) is 5.73 Å². The third-order valence-electron chi connectivity index (χ3n) is 3.65. The maximum atomic E-state index is 12.7. The van der Waals surface area contributed by atoms with Crippen LogP contribution in [0, 0.1) is 5.92 Å². The van der Waals surface area contributed by atoms with Gasteiger partial charge in [-0.25, -0.2) is 0 Å². The zero-order chi connectivity index (χ0) is 15.6. The summed E-state index contributed by atoms with van der Waals surface area (Å²) in [5.41, 5.74) is 6.42. The van der Waals surface area contributed by atoms with Crippen LogP contribution in [0.5, 0.6) is 0 Å². The number of benzene rings is 1. The third-order valence-corrected chi connectivity index (χ3v) is 4.11. The molecule has 7 heteroatoms. The first-order chi connectivity index (χ1) is 9.75. The molecule has 1 fully saturated rings. The monoisotopic (exact) mass is 364 g/mol. The van der Waals surface area contributed by atoms with Gasteiger partial charge in [-0.2, -0.15) is 13.2 Å². The highest BCUT2D eigenvalue weighted by Crippen LogP contribution is 2.37. The number of hydrogen-bond acceptors (Lipinski definition) is 2. The van der Waals surface area contributed by atoms with Gasteiger partial charge < -0.3 is 11.1 Å². The molecule has 1 aromatic rings. The number of halogens is 4. The standard InChI is InChI=1S/C14H16BrF3N2O/c15-10-4-8(5-11(19)7-10)13(21)20-12-3-1-2-9(6-12)14(16,17)18/h4-5,7,9,12H,1-3,6,19H2,(H,20,21). The highest BCUT2D eigenvalue weighted by Gasteiger charge is 2.42. The second-order valence-electron chi connectivity index (χ2n) is 5.35. The predicted molar refractivity (Wildman–Crippen MR) is 77.8 cm³/mol. The summed E-state index contributed by atoms with van der Waals surface area (Å²) in [4.78, 5) is 12.1. The number of hydrogen-bond donors (Lipinski definition) is 2. The van der Waals surface area contributed by atoms with Gasteiger partial charge in [0.25, 0.3) is 5.91 Å². The highest BCUT2D eigenvalue weighted by atomic mass is 79.9. The molecule has 0 heterocycles. The fourth-order valence-electron chi connectivity index (χ4n) is 2.63. The Hall–Kier alpha value is -1.24. The maximum absolute atomic E-state index is 12.7. The lowest BCUT2D eigenvalue weighted by molar-refractivity contribution is -0.183. The van der Waals surface area contributed by atoms with E-state index in [1.54, 1.807) is 12.1 Å². The summed E-state index contributed by atoms with van der Waals surface area (Å²) in [6, 6.07) is 4.30. The third kappa shape index (κ3) is 4.36. The summed E-state index contributed by atoms with van der Waals surface area (Å²) in [7, 11) is 0. The van der Waals surface area contributed by atoms with E-state index >= 15 is 0 Å². The molecule has 2 atom stereocenters. The van der Waals surface area contributed by atoms with E-state index in [1.165, 1.54) is 6.07 Å². The van der Waals surface area contributed by atoms with Crippen molar-refractivity contribution < 1.29 is 18.0 Å². The molecular weight excluding hydrogens is 349 g/mol. The van der Waals surface area contributed by atoms with Crippen molar-refractivity contribution in [1.29, 1.82) is 0 Å². The van der Waals surface area contributed by atoms with Crippen LogP contribution in [0.15, 0.2) is 22.7 Å². The molecule has 0 radical (unpaired) electrons. The van der Waals surface area contributed by atoms with E-state index in [1.807, 2.05) is 0 Å². The number of amides is 1. The summed E-state index contributed by atoms with van der Waals surface area (Å²) in [6.45, 7) is 0. The molecule has 21 heavy (non-hydrogen) atoms. The van der Waals surface area contributed by atoms with Crippen LogP contribution in [0.2, 0.25) is 0 Å². The molecule has 0 saturated heterocycles. The van der Waals surface area contributed by atoms with Crippen molar-refractivity contribution >= 4 is 27.5 Å². The first kappa shape index (κ1) is 16.1. The molecule has 0 spiro atoms. The summed E-state index contributed by atoms with van der Waals surface area (Å²) >= 11 is 3.23. The van der Waals surface area contributed by atoms with Gasteiger partial charge in [0.2, 0.25) is 0 Å². The lowest BCUT2D eigenvalue weighted by Crippen LogP contribution is -2.41. The zero-order valence-corrected chi connectivity index (χ0v) is 12.8. The molecule has 0 aromatic heterocycles. The smallest absolute Gasteiger partial charge is 0.391 e. The first-order valence-corrected chi connectivity index (χ1v) is 7.48. The number of nitrogens with two attached hydrogens (primary N) is 1. The van der Waals surface area contributed by atoms with Gasteiger partial charge in [0.15, 0.2) is 0 Å². The molecule has 1 aromatic carbocycles. The number of rotatable bonds is 2. The van der Waals surface area contributed by atoms with E-state index in [0.717, 1.165) is 0 Å². The van der Waals surface area contributed by atoms with Crippen molar-refractivity contribution in [1.82, 2.24) is 5.32 Å². The van der Waals surface area contributed by atoms with Crippen LogP contribution in [-0.2, 0) is 0 Å². The van der Waals surface area contributed by atoms with Crippen molar-refractivity contribution in [3.63, 3.8) is 0 Å². The van der Waals surface area contributed by atoms with Crippen LogP contribution in [0.25, 0.3) is 0 Å². The van der Waals surface area contributed by atoms with Crippen LogP contribution in [0.3, 0.4) is 0 Å². The van der Waals surface area contributed by atoms with Gasteiger partial charge in [-0.1, -0.05) is 22.4 Å². The number of anilines is 1. The fourth-order valence-corrected chi connectivity index (χ4v) is 3.14. The van der Waals surface area contributed by atoms with Crippen molar-refractivity contribution in [2.45, 2.75) is 37.9 Å². The molecule has 116 valence electrons. The van der Waals surface area contributed by atoms with Gasteiger partial charge in [0.05, 0.1) is 5.92 Å². The zero-order valence-electron chi connectivity index (χ0n) is 11.2. The van der Waals surface area contributed by atoms with Crippen LogP contribution >= 0.6 is 15.9 Å². The minimum atomic E-state index is -4.19. The largest absolute Gasteiger partial charge is 0.399 e. The van der Waals surface area contributed by atoms with E-state index in [0.29, 0.717) is 28.6 Å². The van der Waals surface area contributed by atoms with E-state index in [2.05, 4.69) is 21.2 Å². The van der Waals surface area contributed by atoms with Gasteiger partial charge >= 0.3 is 6.18 Å². The molecule has 1 saturated carbocycles. The number of carbonyl (C=O) groups is 1. The number of nitrogen functional groups attached to an aromatic ring is 1. The molecule has 3 nitrogen and oxygen atoms in total. The molecule has 1 aliphatic rings. The Kier molecular flexibility index (Phi) is 4.81. The van der Waals surface area contributed by atoms with E-state index in [9.17, 15) is 18.0 Å². The average molecular weight is 365 g/mol. The first-order valence-electron chi connectivity index (χ1n) is 6.69. The Balaban J connectivity index is 2.02. The number of nitrogens with one attached hydrogen (secondary N) is 1. The second-order valence-corrected chi connectivity index (χ2v) is 6.26. The van der Waals surface area contributed by atoms with Crippen LogP contribution in [0.4, 0.5) is 18.9 Å². The Morgan fingerprint density at radius 3 is 2.62 bits per heavy atom. The van der Waals surface area contributed by atoms with Gasteiger partial charge in [0, 0.05) is 21.8 Å². The average Bonchev–Trinajstić information content (AvgIpc) is 2.37. The SMILES string of the molecule is Nc1cc(Br)cc(C(=O)NC2CCCC(C(F)(F)F)C2)c1. The lowest BCUT2D eigenvalue weighted by atomic mass is 9.85. The summed E-state index contributed by atoms with van der Waals surface area (Å²) in [5, 5.41) is 2.68. The number of carbonyl (C=O) groups excluding carboxylic acids is 1. The van der Waals surface area contributed by atoms with Gasteiger partial charge in [-0.3, -0.25) is 4.79 Å². The highest BCUT2D eigenvalue weighted by molar-refractivity contribution is 9.10. The Bertz CT molecular complexity index is 513. The molecule has 1 aliphatic carbocycles. The topological polar surface area (TPSA) is 55.1 Å². The summed E-state index contributed by atoms with van der Waals surface area (Å²) in [5.74, 6) is -1.72. The second kappa shape index (κ2) is 6.25. The van der Waals surface area contributed by atoms with Crippen molar-refractivity contribution in [3.05, 3.63) is 28.2 Å². The molecule has 2 rings (SSSR count). The van der Waals surface area contributed by atoms with Gasteiger partial charge in [-0.15, -0.1) is 0 Å². The fraction of sp³-hybridized carbons (Fsp3) is 0.500. The molecule has 3 N–H and O–H groups in total. The van der Waals surface area contributed by atoms with Crippen LogP contribution in [-0.4, -0.2) is 18.1 Å². The Morgan fingerprint density at radius 2 is 2.00 bits per heavy atom. The molecule has 0 aliphatic heterocycles. The molecule has 2 unspecified atom stereocenters. The van der Waals surface area contributed by atoms with E-state index in [-0.39, 0.29) is 12.8 Å². The minimum Gasteiger partial charge on any atom is -0.399 e. The van der Waals surface area contributed by atoms with Crippen LogP contribution in [0.1, 0.15) is 36.0 Å². The van der Waals surface area contributed by atoms with Crippen molar-refractivity contribution in [2.24, 2.45) is 5.92 Å². The minimum absolute atomic E-state index is 0.0568. The molecule has 1 amide bonds. The quantitative estimate of drug-likeness (QED) is 0.782. The molecular formula is C14H16BrF3N2O. The van der Waals surface area contributed by atoms with Crippen molar-refractivity contribution in [2.75, 3.05) is 5.73 Å². The van der Waals surface area contributed by atoms with Crippen molar-refractivity contribution in [3.8, 4) is 0 Å². The normalized spacial score (nSPS) is 22.9. The lowest BCUT2D eigenvalue weighted by Gasteiger charge is -2.31. The Labute approximate surface area is 129 Å². The van der Waals surface area contributed by atoms with Gasteiger partial charge in [0.1, 0.15) is 0 Å². The van der Waals surface area contributed by atoms with Gasteiger partial charge in [-0.05, 0) is 37.5 Å². The summed E-state index contributed by atoms with van der Waals surface area (Å²) in [6.07, 6.45) is -3.07. The molecule has 0 bridgehead atoms. The van der Waals surface area contributed by atoms with E-state index < -0.39 is 24.0 Å². The predicted octanol–water partition coefficient (Wildman–Crippen LogP) is 3.88. The summed E-state index contributed by atoms with van der Waals surface area (Å²) < 4.78 is 38.9. The Morgan fingerprint density at radius 1 is 1.29 bits per heavy atom. The van der Waals surface area contributed by atoms with Crippen LogP contribution < -0.4 is 11.1 Å². The maximum Gasteiger partial charge on any atom is 0.391 e. The number of alkyl halides is 3.